The van der Waals surface area contributed by atoms with Crippen LogP contribution in [0.1, 0.15) is 30.1 Å². The van der Waals surface area contributed by atoms with Gasteiger partial charge < -0.3 is 10.1 Å². The van der Waals surface area contributed by atoms with Gasteiger partial charge in [0.15, 0.2) is 5.16 Å². The standard InChI is InChI=1S/C12H14N2O2S/c1-2-3-6-17-12-13-9-5-4-8(11(15)16)7-10(9)14-12/h4-5,7H,2-3,6H2,1H3,(H,13,14)(H,15,16). The van der Waals surface area contributed by atoms with Crippen molar-refractivity contribution in [2.75, 3.05) is 5.75 Å². The number of fused-ring (bicyclic) bond motifs is 1. The van der Waals surface area contributed by atoms with Gasteiger partial charge >= 0.3 is 5.97 Å². The van der Waals surface area contributed by atoms with Crippen LogP contribution in [-0.4, -0.2) is 26.8 Å². The summed E-state index contributed by atoms with van der Waals surface area (Å²) in [5, 5.41) is 9.74. The molecule has 0 spiro atoms. The molecule has 90 valence electrons. The summed E-state index contributed by atoms with van der Waals surface area (Å²) in [4.78, 5) is 18.4. The SMILES string of the molecule is CCCCSc1nc2ccc(C(=O)O)cc2[nH]1. The van der Waals surface area contributed by atoms with Gasteiger partial charge in [0.1, 0.15) is 0 Å². The first-order chi connectivity index (χ1) is 8.20. The maximum Gasteiger partial charge on any atom is 0.335 e. The van der Waals surface area contributed by atoms with Crippen LogP contribution in [0.5, 0.6) is 0 Å². The van der Waals surface area contributed by atoms with Crippen LogP contribution in [0.2, 0.25) is 0 Å². The van der Waals surface area contributed by atoms with Crippen molar-refractivity contribution in [3.63, 3.8) is 0 Å². The molecule has 2 aromatic rings. The van der Waals surface area contributed by atoms with Crippen LogP contribution < -0.4 is 0 Å². The molecule has 0 bridgehead atoms. The van der Waals surface area contributed by atoms with Crippen molar-refractivity contribution in [1.82, 2.24) is 9.97 Å². The van der Waals surface area contributed by atoms with E-state index in [2.05, 4.69) is 16.9 Å². The van der Waals surface area contributed by atoms with Crippen LogP contribution >= 0.6 is 11.8 Å². The largest absolute Gasteiger partial charge is 0.478 e. The fourth-order valence-electron chi connectivity index (χ4n) is 1.50. The number of hydrogen-bond acceptors (Lipinski definition) is 3. The van der Waals surface area contributed by atoms with E-state index in [1.807, 2.05) is 0 Å². The molecule has 4 nitrogen and oxygen atoms in total. The second kappa shape index (κ2) is 5.23. The van der Waals surface area contributed by atoms with Gasteiger partial charge in [-0.25, -0.2) is 9.78 Å². The van der Waals surface area contributed by atoms with Crippen molar-refractivity contribution < 1.29 is 9.90 Å². The van der Waals surface area contributed by atoms with Crippen LogP contribution in [0.4, 0.5) is 0 Å². The molecule has 2 N–H and O–H groups in total. The Balaban J connectivity index is 2.21. The predicted octanol–water partition coefficient (Wildman–Crippen LogP) is 3.15. The number of aromatic nitrogens is 2. The highest BCUT2D eigenvalue weighted by molar-refractivity contribution is 7.99. The first-order valence-electron chi connectivity index (χ1n) is 5.56. The average Bonchev–Trinajstić information content (AvgIpc) is 2.70. The third-order valence-corrected chi connectivity index (χ3v) is 3.40. The van der Waals surface area contributed by atoms with Gasteiger partial charge in [0, 0.05) is 5.75 Å². The molecule has 1 aromatic carbocycles. The summed E-state index contributed by atoms with van der Waals surface area (Å²) in [7, 11) is 0. The molecule has 0 fully saturated rings. The minimum absolute atomic E-state index is 0.284. The van der Waals surface area contributed by atoms with Crippen molar-refractivity contribution in [2.45, 2.75) is 24.9 Å². The third-order valence-electron chi connectivity index (χ3n) is 2.44. The number of rotatable bonds is 5. The van der Waals surface area contributed by atoms with Crippen LogP contribution in [0, 0.1) is 0 Å². The summed E-state index contributed by atoms with van der Waals surface area (Å²) in [5.74, 6) is 0.115. The quantitative estimate of drug-likeness (QED) is 0.632. The third kappa shape index (κ3) is 2.79. The van der Waals surface area contributed by atoms with E-state index in [1.54, 1.807) is 30.0 Å². The second-order valence-corrected chi connectivity index (χ2v) is 4.86. The van der Waals surface area contributed by atoms with E-state index in [1.165, 1.54) is 0 Å². The highest BCUT2D eigenvalue weighted by atomic mass is 32.2. The summed E-state index contributed by atoms with van der Waals surface area (Å²) in [6.07, 6.45) is 2.32. The number of thioether (sulfide) groups is 1. The van der Waals surface area contributed by atoms with Crippen LogP contribution in [0.25, 0.3) is 11.0 Å². The number of imidazole rings is 1. The monoisotopic (exact) mass is 250 g/mol. The fraction of sp³-hybridized carbons (Fsp3) is 0.333. The van der Waals surface area contributed by atoms with Crippen molar-refractivity contribution in [2.24, 2.45) is 0 Å². The van der Waals surface area contributed by atoms with Gasteiger partial charge in [-0.2, -0.15) is 0 Å². The maximum absolute atomic E-state index is 10.8. The lowest BCUT2D eigenvalue weighted by atomic mass is 10.2. The maximum atomic E-state index is 10.8. The molecule has 0 unspecified atom stereocenters. The number of carbonyl (C=O) groups is 1. The van der Waals surface area contributed by atoms with Gasteiger partial charge in [-0.15, -0.1) is 0 Å². The molecule has 17 heavy (non-hydrogen) atoms. The number of aromatic carboxylic acids is 1. The molecular weight excluding hydrogens is 236 g/mol. The van der Waals surface area contributed by atoms with Gasteiger partial charge in [0.05, 0.1) is 16.6 Å². The molecule has 0 aliphatic rings. The molecule has 0 aliphatic heterocycles. The zero-order chi connectivity index (χ0) is 12.3. The minimum atomic E-state index is -0.915. The molecular formula is C12H14N2O2S. The zero-order valence-electron chi connectivity index (χ0n) is 9.56. The summed E-state index contributed by atoms with van der Waals surface area (Å²) in [5.41, 5.74) is 1.88. The highest BCUT2D eigenvalue weighted by Gasteiger charge is 2.07. The number of carboxylic acids is 1. The Kier molecular flexibility index (Phi) is 3.68. The lowest BCUT2D eigenvalue weighted by Crippen LogP contribution is -1.94. The Morgan fingerprint density at radius 2 is 2.35 bits per heavy atom. The smallest absolute Gasteiger partial charge is 0.335 e. The van der Waals surface area contributed by atoms with Crippen LogP contribution in [0.3, 0.4) is 0 Å². The molecule has 0 aliphatic carbocycles. The number of hydrogen-bond donors (Lipinski definition) is 2. The summed E-state index contributed by atoms with van der Waals surface area (Å²) in [6, 6.07) is 4.93. The Morgan fingerprint density at radius 1 is 1.53 bits per heavy atom. The van der Waals surface area contributed by atoms with E-state index in [0.717, 1.165) is 34.8 Å². The summed E-state index contributed by atoms with van der Waals surface area (Å²) < 4.78 is 0. The van der Waals surface area contributed by atoms with E-state index < -0.39 is 5.97 Å². The summed E-state index contributed by atoms with van der Waals surface area (Å²) in [6.45, 7) is 2.15. The Bertz CT molecular complexity index is 536. The zero-order valence-corrected chi connectivity index (χ0v) is 10.4. The normalized spacial score (nSPS) is 10.9. The molecule has 0 atom stereocenters. The molecule has 0 saturated carbocycles. The fourth-order valence-corrected chi connectivity index (χ4v) is 2.47. The molecule has 0 radical (unpaired) electrons. The minimum Gasteiger partial charge on any atom is -0.478 e. The van der Waals surface area contributed by atoms with E-state index in [4.69, 9.17) is 5.11 Å². The molecule has 0 saturated heterocycles. The molecule has 5 heteroatoms. The molecule has 1 heterocycles. The number of nitrogens with one attached hydrogen (secondary N) is 1. The number of unbranched alkanes of at least 4 members (excludes halogenated alkanes) is 1. The molecule has 0 amide bonds. The predicted molar refractivity (Wildman–Crippen MR) is 68.7 cm³/mol. The highest BCUT2D eigenvalue weighted by Crippen LogP contribution is 2.21. The van der Waals surface area contributed by atoms with Gasteiger partial charge in [-0.3, -0.25) is 0 Å². The number of nitrogens with zero attached hydrogens (tertiary/aromatic N) is 1. The van der Waals surface area contributed by atoms with E-state index >= 15 is 0 Å². The lowest BCUT2D eigenvalue weighted by molar-refractivity contribution is 0.0697. The number of aromatic amines is 1. The number of carboxylic acid groups (broad SMARTS) is 1. The van der Waals surface area contributed by atoms with Crippen molar-refractivity contribution in [1.29, 1.82) is 0 Å². The topological polar surface area (TPSA) is 66.0 Å². The van der Waals surface area contributed by atoms with Gasteiger partial charge in [0.2, 0.25) is 0 Å². The van der Waals surface area contributed by atoms with Crippen molar-refractivity contribution >= 4 is 28.8 Å². The van der Waals surface area contributed by atoms with E-state index in [-0.39, 0.29) is 5.56 Å². The average molecular weight is 250 g/mol. The molecule has 2 rings (SSSR count). The first kappa shape index (κ1) is 12.0. The summed E-state index contributed by atoms with van der Waals surface area (Å²) >= 11 is 1.67. The van der Waals surface area contributed by atoms with Crippen LogP contribution in [0.15, 0.2) is 23.4 Å². The van der Waals surface area contributed by atoms with Gasteiger partial charge in [-0.1, -0.05) is 25.1 Å². The Labute approximate surface area is 103 Å². The van der Waals surface area contributed by atoms with Gasteiger partial charge in [0.25, 0.3) is 0 Å². The number of benzene rings is 1. The Hall–Kier alpha value is -1.49. The lowest BCUT2D eigenvalue weighted by Gasteiger charge is -1.93. The van der Waals surface area contributed by atoms with Crippen molar-refractivity contribution in [3.05, 3.63) is 23.8 Å². The molecule has 1 aromatic heterocycles. The van der Waals surface area contributed by atoms with E-state index in [0.29, 0.717) is 0 Å². The second-order valence-electron chi connectivity index (χ2n) is 3.78. The Morgan fingerprint density at radius 3 is 3.06 bits per heavy atom. The van der Waals surface area contributed by atoms with E-state index in [9.17, 15) is 4.79 Å². The van der Waals surface area contributed by atoms with Gasteiger partial charge in [-0.05, 0) is 24.6 Å². The number of H-pyrrole nitrogens is 1. The van der Waals surface area contributed by atoms with Crippen LogP contribution in [-0.2, 0) is 0 Å². The van der Waals surface area contributed by atoms with Crippen molar-refractivity contribution in [3.8, 4) is 0 Å². The first-order valence-corrected chi connectivity index (χ1v) is 6.55.